The number of likely N-dealkylation sites (tertiary alicyclic amines) is 1. The van der Waals surface area contributed by atoms with Crippen molar-refractivity contribution in [3.05, 3.63) is 77.4 Å². The lowest BCUT2D eigenvalue weighted by Crippen LogP contribution is -2.32. The van der Waals surface area contributed by atoms with Crippen molar-refractivity contribution in [1.29, 1.82) is 0 Å². The van der Waals surface area contributed by atoms with Crippen LogP contribution in [0.25, 0.3) is 11.1 Å². The van der Waals surface area contributed by atoms with E-state index in [1.54, 1.807) is 12.1 Å². The summed E-state index contributed by atoms with van der Waals surface area (Å²) in [4.78, 5) is 2.52. The van der Waals surface area contributed by atoms with Gasteiger partial charge in [0.1, 0.15) is 5.82 Å². The molecule has 134 valence electrons. The third-order valence-electron chi connectivity index (χ3n) is 5.46. The summed E-state index contributed by atoms with van der Waals surface area (Å²) in [7, 11) is 0. The van der Waals surface area contributed by atoms with Crippen LogP contribution in [0.3, 0.4) is 0 Å². The predicted octanol–water partition coefficient (Wildman–Crippen LogP) is 4.90. The normalized spacial score (nSPS) is 16.1. The van der Waals surface area contributed by atoms with Gasteiger partial charge in [-0.3, -0.25) is 10.00 Å². The lowest BCUT2D eigenvalue weighted by molar-refractivity contribution is 0.203. The molecule has 1 aliphatic rings. The maximum Gasteiger partial charge on any atom is 0.123 e. The molecule has 0 amide bonds. The SMILES string of the molecule is Cc1ccccc1CN1CCC(c2[nH]ncc2-c2cccc(F)c2)CC1. The summed E-state index contributed by atoms with van der Waals surface area (Å²) in [5.41, 5.74) is 5.84. The second-order valence-corrected chi connectivity index (χ2v) is 7.18. The highest BCUT2D eigenvalue weighted by Gasteiger charge is 2.24. The molecule has 0 spiro atoms. The average Bonchev–Trinajstić information content (AvgIpc) is 3.14. The summed E-state index contributed by atoms with van der Waals surface area (Å²) in [6, 6.07) is 15.4. The fourth-order valence-corrected chi connectivity index (χ4v) is 3.90. The van der Waals surface area contributed by atoms with E-state index in [2.05, 4.69) is 46.3 Å². The number of piperidine rings is 1. The summed E-state index contributed by atoms with van der Waals surface area (Å²) < 4.78 is 13.6. The highest BCUT2D eigenvalue weighted by molar-refractivity contribution is 5.65. The molecule has 0 bridgehead atoms. The molecule has 2 heterocycles. The van der Waals surface area contributed by atoms with E-state index in [0.717, 1.165) is 49.3 Å². The Balaban J connectivity index is 1.44. The van der Waals surface area contributed by atoms with Gasteiger partial charge in [-0.1, -0.05) is 36.4 Å². The summed E-state index contributed by atoms with van der Waals surface area (Å²) in [5.74, 6) is 0.242. The van der Waals surface area contributed by atoms with Crippen molar-refractivity contribution in [3.63, 3.8) is 0 Å². The van der Waals surface area contributed by atoms with Crippen molar-refractivity contribution in [3.8, 4) is 11.1 Å². The lowest BCUT2D eigenvalue weighted by Gasteiger charge is -2.32. The molecule has 0 atom stereocenters. The molecule has 1 saturated heterocycles. The van der Waals surface area contributed by atoms with Gasteiger partial charge in [-0.15, -0.1) is 0 Å². The smallest absolute Gasteiger partial charge is 0.123 e. The van der Waals surface area contributed by atoms with Crippen LogP contribution in [0.5, 0.6) is 0 Å². The van der Waals surface area contributed by atoms with Gasteiger partial charge < -0.3 is 0 Å². The minimum absolute atomic E-state index is 0.206. The number of hydrogen-bond donors (Lipinski definition) is 1. The van der Waals surface area contributed by atoms with Gasteiger partial charge in [0.2, 0.25) is 0 Å². The van der Waals surface area contributed by atoms with Crippen molar-refractivity contribution >= 4 is 0 Å². The topological polar surface area (TPSA) is 31.9 Å². The third-order valence-corrected chi connectivity index (χ3v) is 5.46. The van der Waals surface area contributed by atoms with Gasteiger partial charge in [0.05, 0.1) is 6.20 Å². The van der Waals surface area contributed by atoms with E-state index < -0.39 is 0 Å². The zero-order valence-electron chi connectivity index (χ0n) is 15.1. The number of nitrogens with zero attached hydrogens (tertiary/aromatic N) is 2. The van der Waals surface area contributed by atoms with Crippen molar-refractivity contribution < 1.29 is 4.39 Å². The molecular formula is C22H24FN3. The van der Waals surface area contributed by atoms with E-state index in [4.69, 9.17) is 0 Å². The van der Waals surface area contributed by atoms with Crippen LogP contribution in [0.4, 0.5) is 4.39 Å². The Hall–Kier alpha value is -2.46. The Kier molecular flexibility index (Phi) is 4.85. The largest absolute Gasteiger partial charge is 0.299 e. The van der Waals surface area contributed by atoms with Crippen LogP contribution in [0, 0.1) is 12.7 Å². The molecule has 26 heavy (non-hydrogen) atoms. The molecule has 0 radical (unpaired) electrons. The van der Waals surface area contributed by atoms with Gasteiger partial charge >= 0.3 is 0 Å². The van der Waals surface area contributed by atoms with Gasteiger partial charge in [0.25, 0.3) is 0 Å². The number of nitrogens with one attached hydrogen (secondary N) is 1. The molecule has 4 rings (SSSR count). The zero-order valence-corrected chi connectivity index (χ0v) is 15.1. The first-order valence-electron chi connectivity index (χ1n) is 9.27. The van der Waals surface area contributed by atoms with Gasteiger partial charge in [-0.2, -0.15) is 5.10 Å². The number of rotatable bonds is 4. The Labute approximate surface area is 153 Å². The highest BCUT2D eigenvalue weighted by atomic mass is 19.1. The first kappa shape index (κ1) is 17.0. The first-order chi connectivity index (χ1) is 12.7. The monoisotopic (exact) mass is 349 g/mol. The van der Waals surface area contributed by atoms with Gasteiger partial charge in [-0.25, -0.2) is 4.39 Å². The standard InChI is InChI=1S/C22H24FN3/c1-16-5-2-3-6-19(16)15-26-11-9-17(10-12-26)22-21(14-24-25-22)18-7-4-8-20(23)13-18/h2-8,13-14,17H,9-12,15H2,1H3,(H,24,25). The predicted molar refractivity (Wildman–Crippen MR) is 102 cm³/mol. The zero-order chi connectivity index (χ0) is 17.9. The quantitative estimate of drug-likeness (QED) is 0.726. The van der Waals surface area contributed by atoms with E-state index in [1.807, 2.05) is 12.3 Å². The van der Waals surface area contributed by atoms with Crippen LogP contribution in [0.1, 0.15) is 35.6 Å². The van der Waals surface area contributed by atoms with Crippen LogP contribution in [-0.4, -0.2) is 28.2 Å². The molecule has 3 aromatic rings. The van der Waals surface area contributed by atoms with Gasteiger partial charge in [0.15, 0.2) is 0 Å². The summed E-state index contributed by atoms with van der Waals surface area (Å²) >= 11 is 0. The number of aromatic amines is 1. The molecule has 0 unspecified atom stereocenters. The minimum atomic E-state index is -0.206. The van der Waals surface area contributed by atoms with E-state index >= 15 is 0 Å². The first-order valence-corrected chi connectivity index (χ1v) is 9.27. The van der Waals surface area contributed by atoms with E-state index in [9.17, 15) is 4.39 Å². The molecule has 1 N–H and O–H groups in total. The molecule has 1 aromatic heterocycles. The molecule has 0 aliphatic carbocycles. The van der Waals surface area contributed by atoms with Crippen molar-refractivity contribution in [2.45, 2.75) is 32.2 Å². The van der Waals surface area contributed by atoms with Gasteiger partial charge in [0, 0.05) is 23.7 Å². The Morgan fingerprint density at radius 2 is 1.92 bits per heavy atom. The number of aromatic nitrogens is 2. The van der Waals surface area contributed by atoms with Gasteiger partial charge in [-0.05, 0) is 61.7 Å². The van der Waals surface area contributed by atoms with E-state index in [-0.39, 0.29) is 5.82 Å². The Bertz CT molecular complexity index is 878. The van der Waals surface area contributed by atoms with Crippen LogP contribution in [0.2, 0.25) is 0 Å². The third kappa shape index (κ3) is 3.56. The van der Waals surface area contributed by atoms with Crippen LogP contribution < -0.4 is 0 Å². The average molecular weight is 349 g/mol. The molecular weight excluding hydrogens is 325 g/mol. The summed E-state index contributed by atoms with van der Waals surface area (Å²) in [6.07, 6.45) is 4.01. The molecule has 1 aliphatic heterocycles. The van der Waals surface area contributed by atoms with Crippen molar-refractivity contribution in [2.24, 2.45) is 0 Å². The molecule has 0 saturated carbocycles. The second-order valence-electron chi connectivity index (χ2n) is 7.18. The lowest BCUT2D eigenvalue weighted by atomic mass is 9.89. The number of hydrogen-bond acceptors (Lipinski definition) is 2. The maximum atomic E-state index is 13.6. The Morgan fingerprint density at radius 3 is 2.69 bits per heavy atom. The molecule has 2 aromatic carbocycles. The second kappa shape index (κ2) is 7.42. The number of benzene rings is 2. The summed E-state index contributed by atoms with van der Waals surface area (Å²) in [6.45, 7) is 5.33. The molecule has 4 heteroatoms. The number of H-pyrrole nitrogens is 1. The number of halogens is 1. The van der Waals surface area contributed by atoms with Crippen LogP contribution in [-0.2, 0) is 6.54 Å². The van der Waals surface area contributed by atoms with Crippen LogP contribution in [0.15, 0.2) is 54.7 Å². The fourth-order valence-electron chi connectivity index (χ4n) is 3.90. The maximum absolute atomic E-state index is 13.6. The molecule has 1 fully saturated rings. The molecule has 3 nitrogen and oxygen atoms in total. The minimum Gasteiger partial charge on any atom is -0.299 e. The van der Waals surface area contributed by atoms with Crippen molar-refractivity contribution in [2.75, 3.05) is 13.1 Å². The fraction of sp³-hybridized carbons (Fsp3) is 0.318. The Morgan fingerprint density at radius 1 is 1.12 bits per heavy atom. The van der Waals surface area contributed by atoms with E-state index in [1.165, 1.54) is 17.2 Å². The van der Waals surface area contributed by atoms with Crippen LogP contribution >= 0.6 is 0 Å². The number of aryl methyl sites for hydroxylation is 1. The summed E-state index contributed by atoms with van der Waals surface area (Å²) in [5, 5.41) is 7.42. The van der Waals surface area contributed by atoms with Crippen molar-refractivity contribution in [1.82, 2.24) is 15.1 Å². The van der Waals surface area contributed by atoms with E-state index in [0.29, 0.717) is 5.92 Å². The highest BCUT2D eigenvalue weighted by Crippen LogP contribution is 2.34.